The second kappa shape index (κ2) is 4.36. The monoisotopic (exact) mass is 281 g/mol. The molecule has 0 radical (unpaired) electrons. The first kappa shape index (κ1) is 13.6. The molecule has 19 heavy (non-hydrogen) atoms. The summed E-state index contributed by atoms with van der Waals surface area (Å²) in [4.78, 5) is 5.76. The third kappa shape index (κ3) is 2.34. The van der Waals surface area contributed by atoms with Crippen LogP contribution in [0.15, 0.2) is 23.1 Å². The summed E-state index contributed by atoms with van der Waals surface area (Å²) < 4.78 is 23.3. The smallest absolute Gasteiger partial charge is 0.238 e. The number of phenols is 1. The Labute approximate surface area is 111 Å². The van der Waals surface area contributed by atoms with Gasteiger partial charge in [0.1, 0.15) is 5.52 Å². The molecule has 0 bridgehead atoms. The summed E-state index contributed by atoms with van der Waals surface area (Å²) in [5.74, 6) is -0.0592. The number of aryl methyl sites for hydroxylation is 1. The average molecular weight is 281 g/mol. The summed E-state index contributed by atoms with van der Waals surface area (Å²) in [5, 5.41) is 15.7. The molecular formula is C12H15N3O3S. The summed E-state index contributed by atoms with van der Waals surface area (Å²) in [5.41, 5.74) is 1.27. The molecule has 0 aliphatic heterocycles. The molecule has 0 saturated carbocycles. The summed E-state index contributed by atoms with van der Waals surface area (Å²) in [6, 6.07) is 4.62. The van der Waals surface area contributed by atoms with Crippen LogP contribution in [0.4, 0.5) is 5.69 Å². The number of phenolic OH excluding ortho intramolecular Hbond substituents is 1. The summed E-state index contributed by atoms with van der Waals surface area (Å²) in [6.07, 6.45) is 0. The highest BCUT2D eigenvalue weighted by molar-refractivity contribution is 7.89. The number of nitrogens with two attached hydrogens (primary N) is 1. The average Bonchev–Trinajstić information content (AvgIpc) is 2.28. The van der Waals surface area contributed by atoms with Crippen LogP contribution in [0.3, 0.4) is 0 Å². The number of sulfonamides is 1. The molecule has 0 fully saturated rings. The lowest BCUT2D eigenvalue weighted by atomic mass is 10.1. The van der Waals surface area contributed by atoms with Crippen LogP contribution in [-0.2, 0) is 10.0 Å². The van der Waals surface area contributed by atoms with Gasteiger partial charge in [-0.1, -0.05) is 0 Å². The van der Waals surface area contributed by atoms with Crippen molar-refractivity contribution in [1.29, 1.82) is 0 Å². The summed E-state index contributed by atoms with van der Waals surface area (Å²) in [7, 11) is -0.497. The predicted molar refractivity (Wildman–Crippen MR) is 73.8 cm³/mol. The molecule has 7 heteroatoms. The second-order valence-corrected chi connectivity index (χ2v) is 6.06. The first-order valence-corrected chi connectivity index (χ1v) is 7.10. The van der Waals surface area contributed by atoms with E-state index in [1.165, 1.54) is 6.07 Å². The number of benzene rings is 1. The Morgan fingerprint density at radius 1 is 1.32 bits per heavy atom. The molecule has 2 rings (SSSR count). The van der Waals surface area contributed by atoms with E-state index in [2.05, 4.69) is 4.98 Å². The van der Waals surface area contributed by atoms with E-state index >= 15 is 0 Å². The Balaban J connectivity index is 3.01. The van der Waals surface area contributed by atoms with E-state index in [4.69, 9.17) is 5.14 Å². The van der Waals surface area contributed by atoms with Crippen molar-refractivity contribution in [3.05, 3.63) is 23.9 Å². The maximum atomic E-state index is 11.7. The molecule has 0 aliphatic carbocycles. The topological polar surface area (TPSA) is 96.5 Å². The summed E-state index contributed by atoms with van der Waals surface area (Å²) >= 11 is 0. The maximum Gasteiger partial charge on any atom is 0.238 e. The number of anilines is 1. The van der Waals surface area contributed by atoms with Crippen molar-refractivity contribution < 1.29 is 13.5 Å². The lowest BCUT2D eigenvalue weighted by Gasteiger charge is -2.17. The third-order valence-electron chi connectivity index (χ3n) is 2.82. The van der Waals surface area contributed by atoms with Crippen molar-refractivity contribution in [2.45, 2.75) is 11.8 Å². The van der Waals surface area contributed by atoms with Crippen LogP contribution in [0.1, 0.15) is 5.69 Å². The molecule has 0 amide bonds. The van der Waals surface area contributed by atoms with Crippen molar-refractivity contribution in [2.24, 2.45) is 5.14 Å². The number of primary sulfonamides is 1. The van der Waals surface area contributed by atoms with E-state index < -0.39 is 10.0 Å². The predicted octanol–water partition coefficient (Wildman–Crippen LogP) is 0.962. The fourth-order valence-electron chi connectivity index (χ4n) is 1.90. The molecule has 6 nitrogen and oxygen atoms in total. The Morgan fingerprint density at radius 2 is 1.95 bits per heavy atom. The van der Waals surface area contributed by atoms with Crippen molar-refractivity contribution in [3.63, 3.8) is 0 Å². The van der Waals surface area contributed by atoms with Crippen LogP contribution in [0.25, 0.3) is 10.9 Å². The van der Waals surface area contributed by atoms with E-state index in [0.717, 1.165) is 0 Å². The van der Waals surface area contributed by atoms with Gasteiger partial charge in [-0.2, -0.15) is 0 Å². The fourth-order valence-corrected chi connectivity index (χ4v) is 2.65. The first-order valence-electron chi connectivity index (χ1n) is 5.55. The molecule has 0 saturated heterocycles. The molecule has 3 N–H and O–H groups in total. The SMILES string of the molecule is Cc1ccc2c(S(N)(=O)=O)cc(N(C)C)c(O)c2n1. The van der Waals surface area contributed by atoms with E-state index in [9.17, 15) is 13.5 Å². The van der Waals surface area contributed by atoms with Crippen molar-refractivity contribution >= 4 is 26.6 Å². The zero-order chi connectivity index (χ0) is 14.4. The quantitative estimate of drug-likeness (QED) is 0.854. The standard InChI is InChI=1S/C12H15N3O3S/c1-7-4-5-8-10(19(13,17)18)6-9(15(2)3)12(16)11(8)14-7/h4-6,16H,1-3H3,(H2,13,17,18). The van der Waals surface area contributed by atoms with Gasteiger partial charge < -0.3 is 10.0 Å². The van der Waals surface area contributed by atoms with E-state index in [-0.39, 0.29) is 16.2 Å². The van der Waals surface area contributed by atoms with Gasteiger partial charge in [0.05, 0.1) is 10.6 Å². The first-order chi connectivity index (χ1) is 8.71. The van der Waals surface area contributed by atoms with Gasteiger partial charge in [0.25, 0.3) is 0 Å². The fraction of sp³-hybridized carbons (Fsp3) is 0.250. The van der Waals surface area contributed by atoms with Gasteiger partial charge in [-0.3, -0.25) is 0 Å². The van der Waals surface area contributed by atoms with Gasteiger partial charge >= 0.3 is 0 Å². The van der Waals surface area contributed by atoms with Crippen LogP contribution in [0, 0.1) is 6.92 Å². The highest BCUT2D eigenvalue weighted by Gasteiger charge is 2.20. The van der Waals surface area contributed by atoms with E-state index in [1.807, 2.05) is 0 Å². The molecule has 102 valence electrons. The minimum atomic E-state index is -3.89. The maximum absolute atomic E-state index is 11.7. The molecule has 1 heterocycles. The highest BCUT2D eigenvalue weighted by atomic mass is 32.2. The number of pyridine rings is 1. The highest BCUT2D eigenvalue weighted by Crippen LogP contribution is 2.37. The van der Waals surface area contributed by atoms with Crippen LogP contribution in [0.5, 0.6) is 5.75 Å². The van der Waals surface area contributed by atoms with Crippen LogP contribution in [-0.4, -0.2) is 32.6 Å². The zero-order valence-corrected chi connectivity index (χ0v) is 11.7. The van der Waals surface area contributed by atoms with Crippen molar-refractivity contribution in [1.82, 2.24) is 4.98 Å². The van der Waals surface area contributed by atoms with Gasteiger partial charge in [0, 0.05) is 25.2 Å². The minimum Gasteiger partial charge on any atom is -0.504 e. The van der Waals surface area contributed by atoms with Gasteiger partial charge in [0.2, 0.25) is 10.0 Å². The number of hydrogen-bond acceptors (Lipinski definition) is 5. The van der Waals surface area contributed by atoms with Gasteiger partial charge in [0.15, 0.2) is 5.75 Å². The van der Waals surface area contributed by atoms with E-state index in [1.54, 1.807) is 38.1 Å². The molecule has 1 aromatic heterocycles. The Kier molecular flexibility index (Phi) is 3.11. The molecule has 0 spiro atoms. The van der Waals surface area contributed by atoms with Crippen molar-refractivity contribution in [3.8, 4) is 5.75 Å². The lowest BCUT2D eigenvalue weighted by molar-refractivity contribution is 0.480. The van der Waals surface area contributed by atoms with Gasteiger partial charge in [-0.15, -0.1) is 0 Å². The number of nitrogens with zero attached hydrogens (tertiary/aromatic N) is 2. The zero-order valence-electron chi connectivity index (χ0n) is 10.9. The van der Waals surface area contributed by atoms with E-state index in [0.29, 0.717) is 16.8 Å². The number of aromatic hydroxyl groups is 1. The molecule has 0 aliphatic rings. The molecule has 0 atom stereocenters. The Morgan fingerprint density at radius 3 is 2.47 bits per heavy atom. The Hall–Kier alpha value is -1.86. The van der Waals surface area contributed by atoms with Crippen LogP contribution in [0.2, 0.25) is 0 Å². The molecular weight excluding hydrogens is 266 g/mol. The number of rotatable bonds is 2. The number of hydrogen-bond donors (Lipinski definition) is 2. The molecule has 2 aromatic rings. The minimum absolute atomic E-state index is 0.0449. The normalized spacial score (nSPS) is 11.8. The number of fused-ring (bicyclic) bond motifs is 1. The van der Waals surface area contributed by atoms with Crippen LogP contribution >= 0.6 is 0 Å². The van der Waals surface area contributed by atoms with Crippen molar-refractivity contribution in [2.75, 3.05) is 19.0 Å². The van der Waals surface area contributed by atoms with Crippen LogP contribution < -0.4 is 10.0 Å². The lowest BCUT2D eigenvalue weighted by Crippen LogP contribution is -2.15. The van der Waals surface area contributed by atoms with Gasteiger partial charge in [-0.25, -0.2) is 18.5 Å². The Bertz CT molecular complexity index is 754. The number of aromatic nitrogens is 1. The molecule has 1 aromatic carbocycles. The summed E-state index contributed by atoms with van der Waals surface area (Å²) in [6.45, 7) is 1.76. The molecule has 0 unspecified atom stereocenters. The third-order valence-corrected chi connectivity index (χ3v) is 3.77. The largest absolute Gasteiger partial charge is 0.504 e. The second-order valence-electron chi connectivity index (χ2n) is 4.53. The van der Waals surface area contributed by atoms with Gasteiger partial charge in [-0.05, 0) is 25.1 Å².